The summed E-state index contributed by atoms with van der Waals surface area (Å²) in [6.07, 6.45) is 7.15. The molecule has 4 rings (SSSR count). The maximum Gasteiger partial charge on any atom is 0.261 e. The van der Waals surface area contributed by atoms with Crippen LogP contribution in [-0.4, -0.2) is 67.8 Å². The fraction of sp³-hybridized carbons (Fsp3) is 0.536. The van der Waals surface area contributed by atoms with Crippen LogP contribution in [0.25, 0.3) is 10.9 Å². The van der Waals surface area contributed by atoms with Crippen LogP contribution in [0.2, 0.25) is 0 Å². The number of aryl methyl sites for hydroxylation is 2. The van der Waals surface area contributed by atoms with E-state index in [4.69, 9.17) is 0 Å². The van der Waals surface area contributed by atoms with Crippen LogP contribution in [0.15, 0.2) is 47.5 Å². The Morgan fingerprint density at radius 1 is 0.972 bits per heavy atom. The lowest BCUT2D eigenvalue weighted by atomic mass is 10.00. The van der Waals surface area contributed by atoms with Crippen molar-refractivity contribution >= 4 is 26.6 Å². The molecule has 0 amide bonds. The number of likely N-dealkylation sites (N-methyl/N-ethyl adjacent to an activating group) is 1. The van der Waals surface area contributed by atoms with Crippen molar-refractivity contribution in [1.82, 2.24) is 19.6 Å². The monoisotopic (exact) mass is 511 g/mol. The third-order valence-corrected chi connectivity index (χ3v) is 8.36. The second-order valence-corrected chi connectivity index (χ2v) is 12.3. The molecule has 8 heteroatoms. The first kappa shape index (κ1) is 26.6. The minimum Gasteiger partial charge on any atom is -0.305 e. The fourth-order valence-corrected chi connectivity index (χ4v) is 6.13. The lowest BCUT2D eigenvalue weighted by Gasteiger charge is -2.19. The highest BCUT2D eigenvalue weighted by molar-refractivity contribution is 7.92. The average Bonchev–Trinajstić information content (AvgIpc) is 3.09. The van der Waals surface area contributed by atoms with Crippen LogP contribution in [0.4, 0.5) is 5.69 Å². The van der Waals surface area contributed by atoms with Crippen molar-refractivity contribution in [2.45, 2.75) is 50.8 Å². The van der Waals surface area contributed by atoms with Crippen LogP contribution in [0.1, 0.15) is 44.2 Å². The molecule has 1 saturated heterocycles. The summed E-state index contributed by atoms with van der Waals surface area (Å²) in [6, 6.07) is 11.3. The van der Waals surface area contributed by atoms with Crippen molar-refractivity contribution in [3.63, 3.8) is 0 Å². The van der Waals surface area contributed by atoms with E-state index in [1.54, 1.807) is 16.8 Å². The number of rotatable bonds is 10. The van der Waals surface area contributed by atoms with Gasteiger partial charge in [-0.2, -0.15) is 5.10 Å². The summed E-state index contributed by atoms with van der Waals surface area (Å²) in [4.78, 5) is 5.27. The molecular weight excluding hydrogens is 470 g/mol. The van der Waals surface area contributed by atoms with E-state index >= 15 is 0 Å². The number of unbranched alkanes of at least 4 members (excludes halogenated alkanes) is 1. The Labute approximate surface area is 216 Å². The van der Waals surface area contributed by atoms with E-state index in [9.17, 15) is 8.42 Å². The zero-order valence-corrected chi connectivity index (χ0v) is 23.0. The number of benzene rings is 2. The second-order valence-electron chi connectivity index (χ2n) is 10.6. The topological polar surface area (TPSA) is 70.5 Å². The summed E-state index contributed by atoms with van der Waals surface area (Å²) in [6.45, 7) is 10.1. The first-order valence-corrected chi connectivity index (χ1v) is 14.7. The van der Waals surface area contributed by atoms with Gasteiger partial charge in [-0.1, -0.05) is 32.0 Å². The Balaban J connectivity index is 1.39. The molecule has 0 aliphatic carbocycles. The van der Waals surface area contributed by atoms with Crippen LogP contribution in [0, 0.1) is 5.92 Å². The number of aromatic nitrogens is 2. The molecule has 2 heterocycles. The number of nitrogens with zero attached hydrogens (tertiary/aromatic N) is 4. The third kappa shape index (κ3) is 6.87. The minimum absolute atomic E-state index is 0.288. The van der Waals surface area contributed by atoms with E-state index in [1.807, 2.05) is 37.5 Å². The van der Waals surface area contributed by atoms with Crippen molar-refractivity contribution in [2.75, 3.05) is 44.5 Å². The molecule has 1 fully saturated rings. The normalized spacial score (nSPS) is 16.0. The maximum absolute atomic E-state index is 13.3. The van der Waals surface area contributed by atoms with Gasteiger partial charge in [0.2, 0.25) is 0 Å². The Bertz CT molecular complexity index is 1250. The Morgan fingerprint density at radius 2 is 1.75 bits per heavy atom. The van der Waals surface area contributed by atoms with Gasteiger partial charge in [-0.3, -0.25) is 9.40 Å². The first-order chi connectivity index (χ1) is 17.2. The molecule has 0 atom stereocenters. The van der Waals surface area contributed by atoms with Crippen LogP contribution in [0.5, 0.6) is 0 Å². The molecular formula is C28H41N5O2S. The number of anilines is 1. The molecule has 196 valence electrons. The van der Waals surface area contributed by atoms with Gasteiger partial charge in [0.25, 0.3) is 10.0 Å². The van der Waals surface area contributed by atoms with Gasteiger partial charge >= 0.3 is 0 Å². The minimum atomic E-state index is -3.72. The maximum atomic E-state index is 13.3. The molecule has 2 aromatic carbocycles. The number of fused-ring (bicyclic) bond motifs is 1. The van der Waals surface area contributed by atoms with Gasteiger partial charge in [0.05, 0.1) is 16.1 Å². The van der Waals surface area contributed by atoms with Gasteiger partial charge in [0, 0.05) is 31.7 Å². The Hall–Kier alpha value is -2.42. The predicted molar refractivity (Wildman–Crippen MR) is 148 cm³/mol. The lowest BCUT2D eigenvalue weighted by Crippen LogP contribution is -2.29. The van der Waals surface area contributed by atoms with Gasteiger partial charge in [0.1, 0.15) is 0 Å². The quantitative estimate of drug-likeness (QED) is 0.405. The summed E-state index contributed by atoms with van der Waals surface area (Å²) in [7, 11) is 0.338. The molecule has 1 aliphatic rings. The molecule has 0 unspecified atom stereocenters. The molecule has 36 heavy (non-hydrogen) atoms. The van der Waals surface area contributed by atoms with Crippen LogP contribution < -0.4 is 4.72 Å². The molecule has 7 nitrogen and oxygen atoms in total. The Morgan fingerprint density at radius 3 is 2.50 bits per heavy atom. The predicted octanol–water partition coefficient (Wildman–Crippen LogP) is 4.53. The molecule has 1 aliphatic heterocycles. The van der Waals surface area contributed by atoms with E-state index in [2.05, 4.69) is 40.5 Å². The van der Waals surface area contributed by atoms with Crippen molar-refractivity contribution < 1.29 is 8.42 Å². The van der Waals surface area contributed by atoms with Crippen molar-refractivity contribution in [3.8, 4) is 0 Å². The average molecular weight is 512 g/mol. The molecule has 1 N–H and O–H groups in total. The second kappa shape index (κ2) is 11.8. The Kier molecular flexibility index (Phi) is 8.70. The highest BCUT2D eigenvalue weighted by atomic mass is 32.2. The smallest absolute Gasteiger partial charge is 0.261 e. The fourth-order valence-electron chi connectivity index (χ4n) is 5.00. The number of hydrogen-bond acceptors (Lipinski definition) is 5. The van der Waals surface area contributed by atoms with Crippen LogP contribution in [-0.2, 0) is 29.9 Å². The first-order valence-electron chi connectivity index (χ1n) is 13.2. The van der Waals surface area contributed by atoms with E-state index in [0.29, 0.717) is 11.6 Å². The number of sulfonamides is 1. The van der Waals surface area contributed by atoms with E-state index in [-0.39, 0.29) is 4.90 Å². The molecule has 1 aromatic heterocycles. The highest BCUT2D eigenvalue weighted by Crippen LogP contribution is 2.31. The van der Waals surface area contributed by atoms with Gasteiger partial charge < -0.3 is 9.80 Å². The van der Waals surface area contributed by atoms with E-state index in [1.165, 1.54) is 31.5 Å². The lowest BCUT2D eigenvalue weighted by molar-refractivity contribution is 0.271. The van der Waals surface area contributed by atoms with Gasteiger partial charge in [-0.25, -0.2) is 8.42 Å². The van der Waals surface area contributed by atoms with Crippen molar-refractivity contribution in [3.05, 3.63) is 53.7 Å². The largest absolute Gasteiger partial charge is 0.305 e. The number of hydrogen-bond donors (Lipinski definition) is 1. The summed E-state index contributed by atoms with van der Waals surface area (Å²) >= 11 is 0. The standard InChI is InChI=1S/C28H41N5O2S/c1-22(2)20-24-11-14-27-26(21-32(4)29-27)28(24)30-36(34,35)25-12-9-23(10-13-25)8-5-6-16-33-17-7-15-31(3)18-19-33/h9-14,21-22,30H,5-8,15-20H2,1-4H3. The molecule has 0 bridgehead atoms. The summed E-state index contributed by atoms with van der Waals surface area (Å²) in [5.74, 6) is 0.405. The SMILES string of the molecule is CC(C)Cc1ccc2nn(C)cc2c1NS(=O)(=O)c1ccc(CCCCN2CCCN(C)CC2)cc1. The molecule has 0 spiro atoms. The van der Waals surface area contributed by atoms with Crippen LogP contribution in [0.3, 0.4) is 0 Å². The number of nitrogens with one attached hydrogen (secondary N) is 1. The van der Waals surface area contributed by atoms with E-state index < -0.39 is 10.0 Å². The van der Waals surface area contributed by atoms with E-state index in [0.717, 1.165) is 55.4 Å². The zero-order valence-electron chi connectivity index (χ0n) is 22.2. The summed E-state index contributed by atoms with van der Waals surface area (Å²) < 4.78 is 31.3. The third-order valence-electron chi connectivity index (χ3n) is 6.99. The molecule has 0 saturated carbocycles. The van der Waals surface area contributed by atoms with Gasteiger partial charge in [-0.05, 0) is 94.0 Å². The van der Waals surface area contributed by atoms with Crippen molar-refractivity contribution in [1.29, 1.82) is 0 Å². The van der Waals surface area contributed by atoms with Gasteiger partial charge in [0.15, 0.2) is 0 Å². The zero-order chi connectivity index (χ0) is 25.7. The van der Waals surface area contributed by atoms with Crippen molar-refractivity contribution in [2.24, 2.45) is 13.0 Å². The molecule has 0 radical (unpaired) electrons. The summed E-state index contributed by atoms with van der Waals surface area (Å²) in [5.41, 5.74) is 3.59. The molecule has 3 aromatic rings. The highest BCUT2D eigenvalue weighted by Gasteiger charge is 2.20. The summed E-state index contributed by atoms with van der Waals surface area (Å²) in [5, 5.41) is 5.28. The van der Waals surface area contributed by atoms with Gasteiger partial charge in [-0.15, -0.1) is 0 Å². The van der Waals surface area contributed by atoms with Crippen LogP contribution >= 0.6 is 0 Å².